The van der Waals surface area contributed by atoms with Crippen molar-refractivity contribution in [1.82, 2.24) is 0 Å². The first-order valence-electron chi connectivity index (χ1n) is 9.94. The predicted octanol–water partition coefficient (Wildman–Crippen LogP) is 4.69. The van der Waals surface area contributed by atoms with Gasteiger partial charge in [-0.25, -0.2) is 0 Å². The number of benzene rings is 3. The number of anilines is 1. The zero-order chi connectivity index (χ0) is 23.7. The highest BCUT2D eigenvalue weighted by Gasteiger charge is 2.47. The standard InChI is InChI=1S/C25H20ClNO6/c1-32-16-10-8-15(9-11-16)27-22(14-7-12-19(28)18(26)13-14)21(24(30)25(27)31)23(29)17-5-3-4-6-20(17)33-2/h3-13,22,28-29H,1-2H3/b23-21-. The summed E-state index contributed by atoms with van der Waals surface area (Å²) in [7, 11) is 2.96. The van der Waals surface area contributed by atoms with E-state index in [0.29, 0.717) is 22.7 Å². The van der Waals surface area contributed by atoms with E-state index in [2.05, 4.69) is 0 Å². The number of phenolic OH excluding ortho intramolecular Hbond substituents is 1. The van der Waals surface area contributed by atoms with E-state index in [9.17, 15) is 19.8 Å². The summed E-state index contributed by atoms with van der Waals surface area (Å²) in [5.41, 5.74) is 1.00. The second-order valence-electron chi connectivity index (χ2n) is 7.28. The zero-order valence-corrected chi connectivity index (χ0v) is 18.5. The molecule has 1 heterocycles. The molecule has 1 atom stereocenters. The topological polar surface area (TPSA) is 96.3 Å². The Bertz CT molecular complexity index is 1270. The van der Waals surface area contributed by atoms with Gasteiger partial charge in [-0.1, -0.05) is 29.8 Å². The average molecular weight is 466 g/mol. The van der Waals surface area contributed by atoms with E-state index in [1.54, 1.807) is 54.6 Å². The van der Waals surface area contributed by atoms with Crippen LogP contribution < -0.4 is 14.4 Å². The lowest BCUT2D eigenvalue weighted by Crippen LogP contribution is -2.29. The van der Waals surface area contributed by atoms with E-state index in [1.165, 1.54) is 31.3 Å². The molecule has 1 aliphatic heterocycles. The lowest BCUT2D eigenvalue weighted by atomic mass is 9.94. The smallest absolute Gasteiger partial charge is 0.300 e. The molecule has 0 spiro atoms. The first-order valence-corrected chi connectivity index (χ1v) is 10.3. The van der Waals surface area contributed by atoms with Crippen LogP contribution in [0.3, 0.4) is 0 Å². The number of amides is 1. The summed E-state index contributed by atoms with van der Waals surface area (Å²) in [4.78, 5) is 27.7. The van der Waals surface area contributed by atoms with Crippen LogP contribution in [0, 0.1) is 0 Å². The fourth-order valence-electron chi connectivity index (χ4n) is 3.84. The molecule has 33 heavy (non-hydrogen) atoms. The van der Waals surface area contributed by atoms with Crippen LogP contribution in [0.2, 0.25) is 5.02 Å². The van der Waals surface area contributed by atoms with Crippen molar-refractivity contribution in [1.29, 1.82) is 0 Å². The van der Waals surface area contributed by atoms with Crippen molar-refractivity contribution < 1.29 is 29.3 Å². The molecular weight excluding hydrogens is 446 g/mol. The molecule has 4 rings (SSSR count). The molecule has 0 radical (unpaired) electrons. The van der Waals surface area contributed by atoms with Crippen LogP contribution in [0.15, 0.2) is 72.3 Å². The molecule has 7 nitrogen and oxygen atoms in total. The number of phenols is 1. The van der Waals surface area contributed by atoms with Crippen molar-refractivity contribution in [2.45, 2.75) is 6.04 Å². The van der Waals surface area contributed by atoms with Crippen LogP contribution in [0.25, 0.3) is 5.76 Å². The molecule has 0 saturated carbocycles. The number of carbonyl (C=O) groups is 2. The highest BCUT2D eigenvalue weighted by molar-refractivity contribution is 6.51. The Hall–Kier alpha value is -3.97. The molecule has 0 aromatic heterocycles. The van der Waals surface area contributed by atoms with Crippen molar-refractivity contribution in [3.8, 4) is 17.2 Å². The fraction of sp³-hybridized carbons (Fsp3) is 0.120. The van der Waals surface area contributed by atoms with Crippen LogP contribution in [-0.4, -0.2) is 36.1 Å². The maximum atomic E-state index is 13.2. The van der Waals surface area contributed by atoms with E-state index < -0.39 is 17.7 Å². The number of aromatic hydroxyl groups is 1. The molecule has 1 fully saturated rings. The van der Waals surface area contributed by atoms with E-state index in [0.717, 1.165) is 0 Å². The summed E-state index contributed by atoms with van der Waals surface area (Å²) in [5, 5.41) is 21.1. The van der Waals surface area contributed by atoms with Crippen molar-refractivity contribution in [2.75, 3.05) is 19.1 Å². The Morgan fingerprint density at radius 1 is 0.970 bits per heavy atom. The van der Waals surface area contributed by atoms with Gasteiger partial charge in [0, 0.05) is 5.69 Å². The Balaban J connectivity index is 1.97. The summed E-state index contributed by atoms with van der Waals surface area (Å²) in [6, 6.07) is 16.6. The number of nitrogens with zero attached hydrogens (tertiary/aromatic N) is 1. The molecule has 3 aromatic rings. The Labute approximate surface area is 195 Å². The van der Waals surface area contributed by atoms with E-state index in [1.807, 2.05) is 0 Å². The van der Waals surface area contributed by atoms with Crippen LogP contribution in [0.5, 0.6) is 17.2 Å². The van der Waals surface area contributed by atoms with E-state index in [-0.39, 0.29) is 27.7 Å². The number of halogens is 1. The highest BCUT2D eigenvalue weighted by atomic mass is 35.5. The number of ketones is 1. The van der Waals surface area contributed by atoms with Gasteiger partial charge < -0.3 is 19.7 Å². The van der Waals surface area contributed by atoms with Gasteiger partial charge in [-0.2, -0.15) is 0 Å². The van der Waals surface area contributed by atoms with Gasteiger partial charge in [-0.3, -0.25) is 14.5 Å². The van der Waals surface area contributed by atoms with Gasteiger partial charge in [0.2, 0.25) is 0 Å². The summed E-state index contributed by atoms with van der Waals surface area (Å²) >= 11 is 6.14. The van der Waals surface area contributed by atoms with Gasteiger partial charge in [0.25, 0.3) is 11.7 Å². The normalized spacial score (nSPS) is 17.3. The number of methoxy groups -OCH3 is 2. The maximum absolute atomic E-state index is 13.2. The quantitative estimate of drug-likeness (QED) is 0.322. The van der Waals surface area contributed by atoms with Gasteiger partial charge in [-0.05, 0) is 54.1 Å². The fourth-order valence-corrected chi connectivity index (χ4v) is 4.02. The van der Waals surface area contributed by atoms with Crippen LogP contribution >= 0.6 is 11.6 Å². The molecule has 0 aliphatic carbocycles. The van der Waals surface area contributed by atoms with Gasteiger partial charge in [-0.15, -0.1) is 0 Å². The van der Waals surface area contributed by atoms with Crippen molar-refractivity contribution in [3.63, 3.8) is 0 Å². The molecule has 2 N–H and O–H groups in total. The zero-order valence-electron chi connectivity index (χ0n) is 17.8. The minimum absolute atomic E-state index is 0.0464. The first kappa shape index (κ1) is 22.2. The molecular formula is C25H20ClNO6. The number of carbonyl (C=O) groups excluding carboxylic acids is 2. The predicted molar refractivity (Wildman–Crippen MR) is 124 cm³/mol. The largest absolute Gasteiger partial charge is 0.507 e. The summed E-state index contributed by atoms with van der Waals surface area (Å²) in [5.74, 6) is -1.28. The lowest BCUT2D eigenvalue weighted by Gasteiger charge is -2.26. The van der Waals surface area contributed by atoms with Gasteiger partial charge >= 0.3 is 0 Å². The lowest BCUT2D eigenvalue weighted by molar-refractivity contribution is -0.132. The summed E-state index contributed by atoms with van der Waals surface area (Å²) < 4.78 is 10.5. The van der Waals surface area contributed by atoms with Crippen LogP contribution in [-0.2, 0) is 9.59 Å². The van der Waals surface area contributed by atoms with Crippen LogP contribution in [0.1, 0.15) is 17.2 Å². The molecule has 168 valence electrons. The Kier molecular flexibility index (Phi) is 5.98. The van der Waals surface area contributed by atoms with Crippen LogP contribution in [0.4, 0.5) is 5.69 Å². The third-order valence-corrected chi connectivity index (χ3v) is 5.75. The van der Waals surface area contributed by atoms with E-state index in [4.69, 9.17) is 21.1 Å². The molecule has 1 aliphatic rings. The SMILES string of the molecule is COc1ccc(N2C(=O)C(=O)/C(=C(\O)c3ccccc3OC)C2c2ccc(O)c(Cl)c2)cc1. The third-order valence-electron chi connectivity index (χ3n) is 5.44. The van der Waals surface area contributed by atoms with Gasteiger partial charge in [0.15, 0.2) is 0 Å². The van der Waals surface area contributed by atoms with Crippen molar-refractivity contribution in [3.05, 3.63) is 88.5 Å². The summed E-state index contributed by atoms with van der Waals surface area (Å²) in [6.45, 7) is 0. The van der Waals surface area contributed by atoms with E-state index >= 15 is 0 Å². The third kappa shape index (κ3) is 3.87. The molecule has 3 aromatic carbocycles. The highest BCUT2D eigenvalue weighted by Crippen LogP contribution is 2.44. The second kappa shape index (κ2) is 8.88. The van der Waals surface area contributed by atoms with Crippen molar-refractivity contribution >= 4 is 34.7 Å². The number of hydrogen-bond acceptors (Lipinski definition) is 6. The maximum Gasteiger partial charge on any atom is 0.300 e. The number of rotatable bonds is 5. The Morgan fingerprint density at radius 3 is 2.30 bits per heavy atom. The molecule has 1 saturated heterocycles. The average Bonchev–Trinajstić information content (AvgIpc) is 3.10. The molecule has 1 amide bonds. The Morgan fingerprint density at radius 2 is 1.67 bits per heavy atom. The monoisotopic (exact) mass is 465 g/mol. The number of aliphatic hydroxyl groups is 1. The van der Waals surface area contributed by atoms with Crippen molar-refractivity contribution in [2.24, 2.45) is 0 Å². The van der Waals surface area contributed by atoms with Gasteiger partial charge in [0.1, 0.15) is 23.0 Å². The number of Topliss-reactive ketones (excluding diaryl/α,β-unsaturated/α-hetero) is 1. The second-order valence-corrected chi connectivity index (χ2v) is 7.69. The first-order chi connectivity index (χ1) is 15.9. The molecule has 0 bridgehead atoms. The minimum Gasteiger partial charge on any atom is -0.507 e. The molecule has 1 unspecified atom stereocenters. The minimum atomic E-state index is -0.999. The van der Waals surface area contributed by atoms with Gasteiger partial charge in [0.05, 0.1) is 36.4 Å². The number of hydrogen-bond donors (Lipinski definition) is 2. The summed E-state index contributed by atoms with van der Waals surface area (Å²) in [6.07, 6.45) is 0. The molecule has 8 heteroatoms. The number of para-hydroxylation sites is 1. The number of aliphatic hydroxyl groups excluding tert-OH is 1. The number of ether oxygens (including phenoxy) is 2.